The minimum Gasteiger partial charge on any atom is -0.356 e. The zero-order chi connectivity index (χ0) is 3.58. The second kappa shape index (κ2) is 8.94. The first kappa shape index (κ1) is 16.4. The molecule has 0 aromatic carbocycles. The first-order valence-electron chi connectivity index (χ1n) is 0.548. The van der Waals surface area contributed by atoms with Gasteiger partial charge in [-0.3, -0.25) is 0 Å². The summed E-state index contributed by atoms with van der Waals surface area (Å²) >= 11 is 0. The molecule has 0 aromatic rings. The van der Waals surface area contributed by atoms with Gasteiger partial charge in [0.15, 0.2) is 0 Å². The van der Waals surface area contributed by atoms with Gasteiger partial charge in [-0.25, -0.2) is 0 Å². The second-order valence-corrected chi connectivity index (χ2v) is 0.224. The van der Waals surface area contributed by atoms with Crippen LogP contribution in [0.25, 0.3) is 0 Å². The van der Waals surface area contributed by atoms with E-state index in [0.717, 1.165) is 0 Å². The van der Waals surface area contributed by atoms with E-state index in [1.165, 1.54) is 0 Å². The average Bonchev–Trinajstić information content (AvgIpc) is 0.811. The van der Waals surface area contributed by atoms with Crippen LogP contribution in [0, 0.1) is 15.3 Å². The van der Waals surface area contributed by atoms with Crippen LogP contribution in [0.1, 0.15) is 0 Å². The van der Waals surface area contributed by atoms with Crippen LogP contribution in [0.3, 0.4) is 0 Å². The van der Waals surface area contributed by atoms with Gasteiger partial charge in [0.05, 0.1) is 5.09 Å². The van der Waals surface area contributed by atoms with Crippen LogP contribution in [0.15, 0.2) is 0 Å². The third-order valence-corrected chi connectivity index (χ3v) is 0. The van der Waals surface area contributed by atoms with Crippen LogP contribution >= 0.6 is 0 Å². The molecule has 6 heavy (non-hydrogen) atoms. The summed E-state index contributed by atoms with van der Waals surface area (Å²) in [5.41, 5.74) is 0. The van der Waals surface area contributed by atoms with Gasteiger partial charge >= 0.3 is 29.6 Å². The third-order valence-electron chi connectivity index (χ3n) is 0. The number of hydrogen-bond donors (Lipinski definition) is 1. The van der Waals surface area contributed by atoms with Crippen molar-refractivity contribution in [1.29, 1.82) is 0 Å². The molecule has 0 aliphatic rings. The fraction of sp³-hybridized carbons (Fsp3) is 0. The van der Waals surface area contributed by atoms with Crippen LogP contribution in [0.4, 0.5) is 0 Å². The molecule has 5 nitrogen and oxygen atoms in total. The molecule has 0 aromatic heterocycles. The van der Waals surface area contributed by atoms with Gasteiger partial charge in [0.2, 0.25) is 0 Å². The van der Waals surface area contributed by atoms with Gasteiger partial charge in [0.25, 0.3) is 0 Å². The molecule has 0 aliphatic heterocycles. The van der Waals surface area contributed by atoms with Crippen molar-refractivity contribution in [3.05, 3.63) is 15.3 Å². The Balaban J connectivity index is -0.0000000450. The maximum absolute atomic E-state index is 8.25. The standard InChI is InChI=1S/NO3.H3N.Na/c2-1(3)4;;/h;1H3;/q-1;;+1. The van der Waals surface area contributed by atoms with Crippen LogP contribution < -0.4 is 35.7 Å². The van der Waals surface area contributed by atoms with E-state index in [1.54, 1.807) is 0 Å². The molecule has 0 bridgehead atoms. The van der Waals surface area contributed by atoms with E-state index in [-0.39, 0.29) is 35.7 Å². The second-order valence-electron chi connectivity index (χ2n) is 0.224. The summed E-state index contributed by atoms with van der Waals surface area (Å²) < 4.78 is 0. The quantitative estimate of drug-likeness (QED) is 0.199. The summed E-state index contributed by atoms with van der Waals surface area (Å²) in [5, 5.41) is 14.8. The summed E-state index contributed by atoms with van der Waals surface area (Å²) in [6.45, 7) is 0. The zero-order valence-corrected chi connectivity index (χ0v) is 5.38. The van der Waals surface area contributed by atoms with Crippen LogP contribution in [0.2, 0.25) is 0 Å². The Morgan fingerprint density at radius 3 is 1.33 bits per heavy atom. The molecule has 0 rings (SSSR count). The van der Waals surface area contributed by atoms with Crippen molar-refractivity contribution in [3.8, 4) is 0 Å². The maximum atomic E-state index is 8.25. The van der Waals surface area contributed by atoms with Crippen molar-refractivity contribution in [2.24, 2.45) is 0 Å². The predicted octanol–water partition coefficient (Wildman–Crippen LogP) is -3.07. The van der Waals surface area contributed by atoms with Gasteiger partial charge in [-0.2, -0.15) is 0 Å². The summed E-state index contributed by atoms with van der Waals surface area (Å²) in [6, 6.07) is 0. The van der Waals surface area contributed by atoms with Gasteiger partial charge in [0.1, 0.15) is 0 Å². The Morgan fingerprint density at radius 2 is 1.33 bits per heavy atom. The summed E-state index contributed by atoms with van der Waals surface area (Å²) in [4.78, 5) is 8.25. The molecular weight excluding hydrogens is 99.0 g/mol. The Hall–Kier alpha value is 0.160. The molecule has 0 radical (unpaired) electrons. The van der Waals surface area contributed by atoms with Crippen molar-refractivity contribution >= 4 is 0 Å². The fourth-order valence-electron chi connectivity index (χ4n) is 0. The van der Waals surface area contributed by atoms with E-state index < -0.39 is 5.09 Å². The topological polar surface area (TPSA) is 101 Å². The number of nitrogens with zero attached hydrogens (tertiary/aromatic N) is 1. The molecular formula is H3N2NaO3. The van der Waals surface area contributed by atoms with E-state index in [9.17, 15) is 0 Å². The molecule has 3 N–H and O–H groups in total. The summed E-state index contributed by atoms with van der Waals surface area (Å²) in [7, 11) is 0. The Labute approximate surface area is 56.3 Å². The van der Waals surface area contributed by atoms with Crippen molar-refractivity contribution in [2.75, 3.05) is 0 Å². The first-order chi connectivity index (χ1) is 1.73. The van der Waals surface area contributed by atoms with E-state index in [0.29, 0.717) is 0 Å². The summed E-state index contributed by atoms with van der Waals surface area (Å²) in [5.74, 6) is 0. The van der Waals surface area contributed by atoms with E-state index in [2.05, 4.69) is 0 Å². The Bertz CT molecular complexity index is 31.8. The first-order valence-corrected chi connectivity index (χ1v) is 0.548. The predicted molar refractivity (Wildman–Crippen MR) is 15.4 cm³/mol. The zero-order valence-electron chi connectivity index (χ0n) is 3.38. The van der Waals surface area contributed by atoms with Crippen molar-refractivity contribution in [2.45, 2.75) is 0 Å². The minimum atomic E-state index is -1.75. The molecule has 0 atom stereocenters. The monoisotopic (exact) mass is 102 g/mol. The summed E-state index contributed by atoms with van der Waals surface area (Å²) in [6.07, 6.45) is 0. The van der Waals surface area contributed by atoms with Gasteiger partial charge in [-0.05, 0) is 0 Å². The Morgan fingerprint density at radius 1 is 1.33 bits per heavy atom. The molecule has 0 aliphatic carbocycles. The molecule has 0 spiro atoms. The smallest absolute Gasteiger partial charge is 0.356 e. The normalized spacial score (nSPS) is 4.00. The molecule has 0 saturated carbocycles. The molecule has 6 heteroatoms. The number of rotatable bonds is 0. The average molecular weight is 102 g/mol. The Kier molecular flexibility index (Phi) is 24.5. The third kappa shape index (κ3) is 1620. The van der Waals surface area contributed by atoms with Gasteiger partial charge in [-0.15, -0.1) is 0 Å². The largest absolute Gasteiger partial charge is 1.00 e. The molecule has 0 unspecified atom stereocenters. The van der Waals surface area contributed by atoms with Gasteiger partial charge in [-0.1, -0.05) is 0 Å². The van der Waals surface area contributed by atoms with Crippen LogP contribution in [0.5, 0.6) is 0 Å². The van der Waals surface area contributed by atoms with E-state index in [1.807, 2.05) is 0 Å². The SMILES string of the molecule is N.O=[N+]([O-])[O-].[Na+]. The van der Waals surface area contributed by atoms with E-state index in [4.69, 9.17) is 15.3 Å². The molecule has 0 heterocycles. The maximum Gasteiger partial charge on any atom is 1.00 e. The van der Waals surface area contributed by atoms with Crippen molar-refractivity contribution < 1.29 is 34.6 Å². The van der Waals surface area contributed by atoms with Gasteiger partial charge < -0.3 is 21.5 Å². The van der Waals surface area contributed by atoms with E-state index >= 15 is 0 Å². The molecule has 0 amide bonds. The van der Waals surface area contributed by atoms with Crippen molar-refractivity contribution in [1.82, 2.24) is 6.15 Å². The van der Waals surface area contributed by atoms with Crippen LogP contribution in [-0.2, 0) is 0 Å². The van der Waals surface area contributed by atoms with Crippen molar-refractivity contribution in [3.63, 3.8) is 0 Å². The molecule has 0 saturated heterocycles. The molecule has 32 valence electrons. The van der Waals surface area contributed by atoms with Crippen LogP contribution in [-0.4, -0.2) is 5.09 Å². The molecule has 0 fully saturated rings. The minimum absolute atomic E-state index is 0. The number of hydrogen-bond acceptors (Lipinski definition) is 4. The van der Waals surface area contributed by atoms with Gasteiger partial charge in [0, 0.05) is 0 Å². The fourth-order valence-corrected chi connectivity index (χ4v) is 0.